The predicted molar refractivity (Wildman–Crippen MR) is 73.4 cm³/mol. The molecule has 108 valence electrons. The molecule has 1 atom stereocenters. The maximum Gasteiger partial charge on any atom is 0.333 e. The van der Waals surface area contributed by atoms with Crippen LogP contribution < -0.4 is 4.74 Å². The van der Waals surface area contributed by atoms with Gasteiger partial charge in [0, 0.05) is 18.6 Å². The van der Waals surface area contributed by atoms with Crippen LogP contribution in [0.5, 0.6) is 5.75 Å². The highest BCUT2D eigenvalue weighted by atomic mass is 16.7. The number of benzene rings is 1. The third-order valence-electron chi connectivity index (χ3n) is 2.42. The number of Topliss-reactive ketones (excluding diaryl/α,β-unsaturated/α-hetero) is 1. The molecule has 1 aromatic carbocycles. The molecule has 20 heavy (non-hydrogen) atoms. The summed E-state index contributed by atoms with van der Waals surface area (Å²) in [7, 11) is 0. The third-order valence-corrected chi connectivity index (χ3v) is 2.42. The van der Waals surface area contributed by atoms with Gasteiger partial charge in [-0.2, -0.15) is 0 Å². The molecule has 0 aromatic heterocycles. The minimum Gasteiger partial charge on any atom is -0.455 e. The van der Waals surface area contributed by atoms with Gasteiger partial charge in [-0.05, 0) is 38.1 Å². The maximum absolute atomic E-state index is 11.8. The highest BCUT2D eigenvalue weighted by Crippen LogP contribution is 2.18. The molecule has 1 aromatic rings. The number of hydrogen-bond donors (Lipinski definition) is 1. The number of carbonyl (C=O) groups excluding carboxylic acids is 2. The van der Waals surface area contributed by atoms with Gasteiger partial charge in [-0.1, -0.05) is 6.58 Å². The Balaban J connectivity index is 2.70. The Morgan fingerprint density at radius 3 is 2.30 bits per heavy atom. The van der Waals surface area contributed by atoms with Gasteiger partial charge in [0.15, 0.2) is 5.78 Å². The summed E-state index contributed by atoms with van der Waals surface area (Å²) in [6, 6.07) is 6.21. The summed E-state index contributed by atoms with van der Waals surface area (Å²) in [6.07, 6.45) is 0.279. The molecule has 0 radical (unpaired) electrons. The highest BCUT2D eigenvalue weighted by Gasteiger charge is 2.25. The van der Waals surface area contributed by atoms with E-state index in [-0.39, 0.29) is 5.78 Å². The van der Waals surface area contributed by atoms with Crippen molar-refractivity contribution in [3.8, 4) is 5.75 Å². The van der Waals surface area contributed by atoms with Crippen LogP contribution >= 0.6 is 0 Å². The van der Waals surface area contributed by atoms with Crippen LogP contribution in [0.25, 0.3) is 0 Å². The van der Waals surface area contributed by atoms with E-state index in [2.05, 4.69) is 6.58 Å². The van der Waals surface area contributed by atoms with E-state index in [9.17, 15) is 14.7 Å². The Morgan fingerprint density at radius 2 is 1.85 bits per heavy atom. The molecule has 1 rings (SSSR count). The molecule has 0 aliphatic heterocycles. The SMILES string of the molecule is C=CC(=O)OC(C)Oc1ccc(C(=O)C(C)(C)O)cc1. The zero-order chi connectivity index (χ0) is 15.3. The van der Waals surface area contributed by atoms with Gasteiger partial charge in [0.2, 0.25) is 6.29 Å². The monoisotopic (exact) mass is 278 g/mol. The van der Waals surface area contributed by atoms with Crippen LogP contribution in [0.1, 0.15) is 31.1 Å². The van der Waals surface area contributed by atoms with E-state index in [0.717, 1.165) is 6.08 Å². The summed E-state index contributed by atoms with van der Waals surface area (Å²) in [5, 5.41) is 9.63. The van der Waals surface area contributed by atoms with E-state index in [4.69, 9.17) is 9.47 Å². The zero-order valence-electron chi connectivity index (χ0n) is 11.8. The minimum absolute atomic E-state index is 0.376. The number of rotatable bonds is 6. The Kier molecular flexibility index (Phi) is 5.05. The molecule has 0 saturated carbocycles. The molecule has 5 heteroatoms. The van der Waals surface area contributed by atoms with E-state index < -0.39 is 17.9 Å². The van der Waals surface area contributed by atoms with Crippen LogP contribution in [0.3, 0.4) is 0 Å². The number of aliphatic hydroxyl groups is 1. The van der Waals surface area contributed by atoms with Gasteiger partial charge in [0.05, 0.1) is 0 Å². The average molecular weight is 278 g/mol. The molecule has 5 nitrogen and oxygen atoms in total. The highest BCUT2D eigenvalue weighted by molar-refractivity contribution is 6.01. The number of carbonyl (C=O) groups is 2. The lowest BCUT2D eigenvalue weighted by atomic mass is 9.97. The molecule has 0 heterocycles. The normalized spacial score (nSPS) is 12.4. The quantitative estimate of drug-likeness (QED) is 0.373. The van der Waals surface area contributed by atoms with Gasteiger partial charge in [-0.15, -0.1) is 0 Å². The summed E-state index contributed by atoms with van der Waals surface area (Å²) in [4.78, 5) is 22.8. The standard InChI is InChI=1S/C15H18O5/c1-5-13(16)20-10(2)19-12-8-6-11(7-9-12)14(17)15(3,4)18/h5-10,18H,1H2,2-4H3. The Hall–Kier alpha value is -2.14. The number of ketones is 1. The molecule has 0 fully saturated rings. The first-order chi connectivity index (χ1) is 9.24. The molecular weight excluding hydrogens is 260 g/mol. The smallest absolute Gasteiger partial charge is 0.333 e. The van der Waals surface area contributed by atoms with Crippen molar-refractivity contribution in [1.82, 2.24) is 0 Å². The maximum atomic E-state index is 11.8. The summed E-state index contributed by atoms with van der Waals surface area (Å²) in [5.74, 6) is -0.511. The van der Waals surface area contributed by atoms with Crippen molar-refractivity contribution < 1.29 is 24.2 Å². The van der Waals surface area contributed by atoms with E-state index in [1.165, 1.54) is 26.0 Å². The predicted octanol–water partition coefficient (Wildman–Crippen LogP) is 2.09. The molecule has 1 N–H and O–H groups in total. The molecule has 0 amide bonds. The first-order valence-corrected chi connectivity index (χ1v) is 6.11. The van der Waals surface area contributed by atoms with Crippen molar-refractivity contribution in [2.75, 3.05) is 0 Å². The topological polar surface area (TPSA) is 72.8 Å². The third kappa shape index (κ3) is 4.51. The second-order valence-corrected chi connectivity index (χ2v) is 4.74. The fraction of sp³-hybridized carbons (Fsp3) is 0.333. The van der Waals surface area contributed by atoms with Gasteiger partial charge in [-0.25, -0.2) is 4.79 Å². The Bertz CT molecular complexity index is 496. The van der Waals surface area contributed by atoms with Gasteiger partial charge in [0.25, 0.3) is 0 Å². The van der Waals surface area contributed by atoms with Gasteiger partial charge in [-0.3, -0.25) is 4.79 Å². The second-order valence-electron chi connectivity index (χ2n) is 4.74. The molecule has 0 spiro atoms. The van der Waals surface area contributed by atoms with Crippen molar-refractivity contribution in [3.63, 3.8) is 0 Å². The van der Waals surface area contributed by atoms with Crippen molar-refractivity contribution in [2.45, 2.75) is 32.7 Å². The van der Waals surface area contributed by atoms with Crippen LogP contribution in [0.4, 0.5) is 0 Å². The van der Waals surface area contributed by atoms with Crippen LogP contribution in [-0.2, 0) is 9.53 Å². The van der Waals surface area contributed by atoms with Crippen molar-refractivity contribution in [2.24, 2.45) is 0 Å². The summed E-state index contributed by atoms with van der Waals surface area (Å²) < 4.78 is 10.2. The lowest BCUT2D eigenvalue weighted by Gasteiger charge is -2.17. The fourth-order valence-electron chi connectivity index (χ4n) is 1.47. The fourth-order valence-corrected chi connectivity index (χ4v) is 1.47. The van der Waals surface area contributed by atoms with Crippen LogP contribution in [-0.4, -0.2) is 28.8 Å². The molecule has 0 saturated heterocycles. The minimum atomic E-state index is -1.42. The van der Waals surface area contributed by atoms with Gasteiger partial charge in [0.1, 0.15) is 11.4 Å². The molecule has 0 bridgehead atoms. The summed E-state index contributed by atoms with van der Waals surface area (Å²) in [5.41, 5.74) is -1.05. The van der Waals surface area contributed by atoms with E-state index in [0.29, 0.717) is 11.3 Å². The molecular formula is C15H18O5. The van der Waals surface area contributed by atoms with Crippen LogP contribution in [0, 0.1) is 0 Å². The van der Waals surface area contributed by atoms with Crippen LogP contribution in [0.2, 0.25) is 0 Å². The van der Waals surface area contributed by atoms with E-state index in [1.807, 2.05) is 0 Å². The second kappa shape index (κ2) is 6.34. The van der Waals surface area contributed by atoms with E-state index in [1.54, 1.807) is 19.1 Å². The van der Waals surface area contributed by atoms with Crippen molar-refractivity contribution in [3.05, 3.63) is 42.5 Å². The molecule has 1 unspecified atom stereocenters. The van der Waals surface area contributed by atoms with Crippen molar-refractivity contribution in [1.29, 1.82) is 0 Å². The van der Waals surface area contributed by atoms with Crippen molar-refractivity contribution >= 4 is 11.8 Å². The lowest BCUT2D eigenvalue weighted by molar-refractivity contribution is -0.154. The number of hydrogen-bond acceptors (Lipinski definition) is 5. The zero-order valence-corrected chi connectivity index (χ0v) is 11.8. The Morgan fingerprint density at radius 1 is 1.30 bits per heavy atom. The van der Waals surface area contributed by atoms with E-state index >= 15 is 0 Å². The molecule has 0 aliphatic rings. The number of esters is 1. The van der Waals surface area contributed by atoms with Gasteiger partial charge >= 0.3 is 5.97 Å². The molecule has 0 aliphatic carbocycles. The lowest BCUT2D eigenvalue weighted by Crippen LogP contribution is -2.31. The first kappa shape index (κ1) is 15.9. The average Bonchev–Trinajstić information content (AvgIpc) is 2.37. The Labute approximate surface area is 117 Å². The van der Waals surface area contributed by atoms with Gasteiger partial charge < -0.3 is 14.6 Å². The summed E-state index contributed by atoms with van der Waals surface area (Å²) in [6.45, 7) is 7.70. The van der Waals surface area contributed by atoms with Crippen LogP contribution in [0.15, 0.2) is 36.9 Å². The summed E-state index contributed by atoms with van der Waals surface area (Å²) >= 11 is 0. The number of ether oxygens (including phenoxy) is 2. The largest absolute Gasteiger partial charge is 0.455 e. The first-order valence-electron chi connectivity index (χ1n) is 6.11.